The molecule has 1 aromatic carbocycles. The van der Waals surface area contributed by atoms with Gasteiger partial charge in [-0.2, -0.15) is 0 Å². The quantitative estimate of drug-likeness (QED) is 0.488. The predicted molar refractivity (Wildman–Crippen MR) is 114 cm³/mol. The highest BCUT2D eigenvalue weighted by Crippen LogP contribution is 2.38. The first-order chi connectivity index (χ1) is 14.9. The second-order valence-corrected chi connectivity index (χ2v) is 8.42. The smallest absolute Gasteiger partial charge is 0.326 e. The van der Waals surface area contributed by atoms with E-state index < -0.39 is 36.6 Å². The third-order valence-corrected chi connectivity index (χ3v) is 6.27. The lowest BCUT2D eigenvalue weighted by Gasteiger charge is -2.36. The minimum atomic E-state index is -0.921. The van der Waals surface area contributed by atoms with Gasteiger partial charge < -0.3 is 15.4 Å². The number of ether oxygens (including phenoxy) is 1. The van der Waals surface area contributed by atoms with Crippen LogP contribution in [0.5, 0.6) is 0 Å². The summed E-state index contributed by atoms with van der Waals surface area (Å²) in [6, 6.07) is 8.84. The number of nitrogens with one attached hydrogen (secondary N) is 2. The van der Waals surface area contributed by atoms with Crippen LogP contribution < -0.4 is 10.6 Å². The average Bonchev–Trinajstić information content (AvgIpc) is 2.99. The van der Waals surface area contributed by atoms with Crippen molar-refractivity contribution in [1.82, 2.24) is 15.5 Å². The highest BCUT2D eigenvalue weighted by atomic mass is 16.5. The SMILES string of the molecule is CCC[C@H](NC(=O)COC(=O)CN1C(=O)N[C@@]2(CCCC[C@@H]2C)C1=O)c1ccccc1. The standard InChI is InChI=1S/C23H31N3O5/c1-3-9-18(17-11-5-4-6-12-17)24-19(27)15-31-20(28)14-26-21(29)23(25-22(26)30)13-8-7-10-16(23)2/h4-6,11-12,16,18H,3,7-10,13-15H2,1-2H3,(H,24,27)(H,25,30)/t16-,18-,23+/m0/s1. The van der Waals surface area contributed by atoms with Gasteiger partial charge in [-0.25, -0.2) is 4.79 Å². The normalized spacial score (nSPS) is 24.1. The third kappa shape index (κ3) is 5.06. The Labute approximate surface area is 182 Å². The summed E-state index contributed by atoms with van der Waals surface area (Å²) >= 11 is 0. The van der Waals surface area contributed by atoms with Gasteiger partial charge in [0.15, 0.2) is 6.61 Å². The summed E-state index contributed by atoms with van der Waals surface area (Å²) in [5, 5.41) is 5.67. The second kappa shape index (κ2) is 9.94. The maximum atomic E-state index is 12.9. The maximum Gasteiger partial charge on any atom is 0.326 e. The van der Waals surface area contributed by atoms with E-state index in [9.17, 15) is 19.2 Å². The minimum Gasteiger partial charge on any atom is -0.454 e. The van der Waals surface area contributed by atoms with Crippen molar-refractivity contribution in [3.8, 4) is 0 Å². The molecule has 1 heterocycles. The Morgan fingerprint density at radius 1 is 1.26 bits per heavy atom. The van der Waals surface area contributed by atoms with E-state index in [0.29, 0.717) is 6.42 Å². The van der Waals surface area contributed by atoms with Gasteiger partial charge in [0.05, 0.1) is 6.04 Å². The van der Waals surface area contributed by atoms with Gasteiger partial charge in [0.2, 0.25) is 0 Å². The maximum absolute atomic E-state index is 12.9. The highest BCUT2D eigenvalue weighted by Gasteiger charge is 2.55. The van der Waals surface area contributed by atoms with Crippen molar-refractivity contribution in [2.75, 3.05) is 13.2 Å². The summed E-state index contributed by atoms with van der Waals surface area (Å²) in [4.78, 5) is 50.7. The monoisotopic (exact) mass is 429 g/mol. The molecule has 0 aromatic heterocycles. The highest BCUT2D eigenvalue weighted by molar-refractivity contribution is 6.09. The van der Waals surface area contributed by atoms with Gasteiger partial charge in [-0.15, -0.1) is 0 Å². The van der Waals surface area contributed by atoms with E-state index in [1.807, 2.05) is 44.2 Å². The molecule has 3 rings (SSSR count). The summed E-state index contributed by atoms with van der Waals surface area (Å²) in [7, 11) is 0. The Morgan fingerprint density at radius 2 is 2.00 bits per heavy atom. The molecule has 1 aliphatic heterocycles. The number of urea groups is 1. The zero-order valence-corrected chi connectivity index (χ0v) is 18.2. The molecule has 168 valence electrons. The predicted octanol–water partition coefficient (Wildman–Crippen LogP) is 2.69. The first kappa shape index (κ1) is 22.8. The molecule has 4 amide bonds. The zero-order chi connectivity index (χ0) is 22.4. The Hall–Kier alpha value is -2.90. The fraction of sp³-hybridized carbons (Fsp3) is 0.565. The van der Waals surface area contributed by atoms with Crippen LogP contribution in [0.1, 0.15) is 64.0 Å². The Kier molecular flexibility index (Phi) is 7.30. The van der Waals surface area contributed by atoms with Crippen LogP contribution in [-0.2, 0) is 19.1 Å². The molecule has 2 aliphatic rings. The minimum absolute atomic E-state index is 0.0120. The van der Waals surface area contributed by atoms with Crippen LogP contribution >= 0.6 is 0 Å². The molecule has 0 unspecified atom stereocenters. The van der Waals surface area contributed by atoms with Crippen molar-refractivity contribution in [3.63, 3.8) is 0 Å². The molecule has 31 heavy (non-hydrogen) atoms. The number of esters is 1. The molecule has 1 aliphatic carbocycles. The lowest BCUT2D eigenvalue weighted by Crippen LogP contribution is -2.54. The second-order valence-electron chi connectivity index (χ2n) is 8.42. The van der Waals surface area contributed by atoms with Gasteiger partial charge in [-0.05, 0) is 30.7 Å². The number of nitrogens with zero attached hydrogens (tertiary/aromatic N) is 1. The van der Waals surface area contributed by atoms with Gasteiger partial charge in [0.25, 0.3) is 11.8 Å². The van der Waals surface area contributed by atoms with E-state index in [2.05, 4.69) is 10.6 Å². The van der Waals surface area contributed by atoms with E-state index in [0.717, 1.165) is 42.6 Å². The van der Waals surface area contributed by atoms with E-state index in [-0.39, 0.29) is 17.9 Å². The van der Waals surface area contributed by atoms with Crippen LogP contribution in [0, 0.1) is 5.92 Å². The van der Waals surface area contributed by atoms with E-state index in [4.69, 9.17) is 4.74 Å². The number of rotatable bonds is 8. The fourth-order valence-electron chi connectivity index (χ4n) is 4.49. The molecule has 8 nitrogen and oxygen atoms in total. The Balaban J connectivity index is 1.52. The van der Waals surface area contributed by atoms with Crippen molar-refractivity contribution in [2.24, 2.45) is 5.92 Å². The Bertz CT molecular complexity index is 828. The van der Waals surface area contributed by atoms with Crippen molar-refractivity contribution in [1.29, 1.82) is 0 Å². The largest absolute Gasteiger partial charge is 0.454 e. The summed E-state index contributed by atoms with van der Waals surface area (Å²) in [6.45, 7) is 3.02. The molecule has 1 aromatic rings. The molecular weight excluding hydrogens is 398 g/mol. The van der Waals surface area contributed by atoms with Crippen LogP contribution in [0.3, 0.4) is 0 Å². The summed E-state index contributed by atoms with van der Waals surface area (Å²) < 4.78 is 5.06. The van der Waals surface area contributed by atoms with Gasteiger partial charge in [0, 0.05) is 0 Å². The molecule has 1 saturated heterocycles. The number of hydrogen-bond donors (Lipinski definition) is 2. The fourth-order valence-corrected chi connectivity index (χ4v) is 4.49. The number of imide groups is 1. The third-order valence-electron chi connectivity index (χ3n) is 6.27. The number of hydrogen-bond acceptors (Lipinski definition) is 5. The number of amides is 4. The summed E-state index contributed by atoms with van der Waals surface area (Å²) in [6.07, 6.45) is 4.94. The van der Waals surface area contributed by atoms with Crippen LogP contribution in [-0.4, -0.2) is 47.4 Å². The van der Waals surface area contributed by atoms with Gasteiger partial charge in [-0.3, -0.25) is 19.3 Å². The molecule has 2 fully saturated rings. The lowest BCUT2D eigenvalue weighted by atomic mass is 9.73. The lowest BCUT2D eigenvalue weighted by molar-refractivity contribution is -0.151. The molecule has 2 N–H and O–H groups in total. The van der Waals surface area contributed by atoms with Gasteiger partial charge in [0.1, 0.15) is 12.1 Å². The van der Waals surface area contributed by atoms with Crippen LogP contribution in [0.2, 0.25) is 0 Å². The number of carbonyl (C=O) groups is 4. The molecule has 0 bridgehead atoms. The molecule has 1 spiro atoms. The van der Waals surface area contributed by atoms with E-state index >= 15 is 0 Å². The van der Waals surface area contributed by atoms with E-state index in [1.54, 1.807) is 0 Å². The van der Waals surface area contributed by atoms with E-state index in [1.165, 1.54) is 0 Å². The van der Waals surface area contributed by atoms with Crippen molar-refractivity contribution in [2.45, 2.75) is 64.0 Å². The molecule has 0 radical (unpaired) electrons. The molecule has 3 atom stereocenters. The molecule has 1 saturated carbocycles. The van der Waals surface area contributed by atoms with Crippen molar-refractivity contribution in [3.05, 3.63) is 35.9 Å². The topological polar surface area (TPSA) is 105 Å². The summed E-state index contributed by atoms with van der Waals surface area (Å²) in [5.74, 6) is -1.58. The average molecular weight is 430 g/mol. The summed E-state index contributed by atoms with van der Waals surface area (Å²) in [5.41, 5.74) is 0.0611. The van der Waals surface area contributed by atoms with Crippen molar-refractivity contribution >= 4 is 23.8 Å². The first-order valence-corrected chi connectivity index (χ1v) is 11.0. The van der Waals surface area contributed by atoms with Crippen molar-refractivity contribution < 1.29 is 23.9 Å². The number of carbonyl (C=O) groups excluding carboxylic acids is 4. The van der Waals surface area contributed by atoms with Crippen LogP contribution in [0.15, 0.2) is 30.3 Å². The zero-order valence-electron chi connectivity index (χ0n) is 18.2. The van der Waals surface area contributed by atoms with Gasteiger partial charge in [-0.1, -0.05) is 63.4 Å². The van der Waals surface area contributed by atoms with Crippen LogP contribution in [0.4, 0.5) is 4.79 Å². The number of benzene rings is 1. The molecule has 8 heteroatoms. The van der Waals surface area contributed by atoms with Gasteiger partial charge >= 0.3 is 12.0 Å². The Morgan fingerprint density at radius 3 is 2.68 bits per heavy atom. The molecular formula is C23H31N3O5. The first-order valence-electron chi connectivity index (χ1n) is 11.0. The van der Waals surface area contributed by atoms with Crippen LogP contribution in [0.25, 0.3) is 0 Å².